The van der Waals surface area contributed by atoms with E-state index in [2.05, 4.69) is 10.9 Å². The Labute approximate surface area is 105 Å². The topological polar surface area (TPSA) is 58.2 Å². The number of benzene rings is 1. The summed E-state index contributed by atoms with van der Waals surface area (Å²) < 4.78 is 0. The van der Waals surface area contributed by atoms with Crippen LogP contribution in [0.5, 0.6) is 0 Å². The van der Waals surface area contributed by atoms with Crippen molar-refractivity contribution in [3.05, 3.63) is 30.3 Å². The lowest BCUT2D eigenvalue weighted by Crippen LogP contribution is -2.40. The predicted molar refractivity (Wildman–Crippen MR) is 68.4 cm³/mol. The van der Waals surface area contributed by atoms with E-state index in [9.17, 15) is 9.59 Å². The summed E-state index contributed by atoms with van der Waals surface area (Å²) in [7, 11) is 0. The zero-order valence-corrected chi connectivity index (χ0v) is 10.5. The quantitative estimate of drug-likeness (QED) is 0.476. The fourth-order valence-electron chi connectivity index (χ4n) is 1.16. The van der Waals surface area contributed by atoms with E-state index in [4.69, 9.17) is 0 Å². The maximum Gasteiger partial charge on any atom is 0.238 e. The monoisotopic (exact) mass is 252 g/mol. The molecule has 0 spiro atoms. The summed E-state index contributed by atoms with van der Waals surface area (Å²) in [6, 6.07) is 10.0. The molecular formula is C12H16N2O2S. The third-order valence-corrected chi connectivity index (χ3v) is 3.04. The van der Waals surface area contributed by atoms with Crippen LogP contribution in [0.15, 0.2) is 35.2 Å². The molecule has 0 radical (unpaired) electrons. The van der Waals surface area contributed by atoms with Crippen LogP contribution >= 0.6 is 11.8 Å². The highest BCUT2D eigenvalue weighted by atomic mass is 32.2. The van der Waals surface area contributed by atoms with E-state index in [-0.39, 0.29) is 11.8 Å². The standard InChI is InChI=1S/C12H16N2O2S/c1-10(15)13-14-12(16)8-5-9-17-11-6-3-2-4-7-11/h2-4,6-7H,5,8-9H2,1H3,(H,13,15)(H,14,16). The summed E-state index contributed by atoms with van der Waals surface area (Å²) in [6.07, 6.45) is 1.20. The molecule has 0 aliphatic carbocycles. The molecule has 0 heterocycles. The first kappa shape index (κ1) is 13.6. The summed E-state index contributed by atoms with van der Waals surface area (Å²) in [6.45, 7) is 1.35. The lowest BCUT2D eigenvalue weighted by molar-refractivity contribution is -0.127. The number of amides is 2. The van der Waals surface area contributed by atoms with Crippen LogP contribution in [-0.4, -0.2) is 17.6 Å². The summed E-state index contributed by atoms with van der Waals surface area (Å²) in [4.78, 5) is 23.0. The van der Waals surface area contributed by atoms with Crippen LogP contribution < -0.4 is 10.9 Å². The minimum absolute atomic E-state index is 0.158. The third-order valence-electron chi connectivity index (χ3n) is 1.94. The number of rotatable bonds is 5. The van der Waals surface area contributed by atoms with E-state index in [1.165, 1.54) is 11.8 Å². The van der Waals surface area contributed by atoms with Crippen LogP contribution in [0.25, 0.3) is 0 Å². The van der Waals surface area contributed by atoms with E-state index in [1.807, 2.05) is 30.3 Å². The SMILES string of the molecule is CC(=O)NNC(=O)CCCSc1ccccc1. The van der Waals surface area contributed by atoms with Crippen molar-refractivity contribution in [2.75, 3.05) is 5.75 Å². The summed E-state index contributed by atoms with van der Waals surface area (Å²) in [5.41, 5.74) is 4.59. The van der Waals surface area contributed by atoms with Gasteiger partial charge in [-0.15, -0.1) is 11.8 Å². The van der Waals surface area contributed by atoms with Gasteiger partial charge < -0.3 is 0 Å². The molecule has 0 aliphatic heterocycles. The van der Waals surface area contributed by atoms with Gasteiger partial charge in [-0.3, -0.25) is 20.4 Å². The van der Waals surface area contributed by atoms with Crippen molar-refractivity contribution in [1.29, 1.82) is 0 Å². The Morgan fingerprint density at radius 1 is 1.18 bits per heavy atom. The molecule has 17 heavy (non-hydrogen) atoms. The lowest BCUT2D eigenvalue weighted by atomic mass is 10.3. The van der Waals surface area contributed by atoms with Gasteiger partial charge in [0.1, 0.15) is 0 Å². The van der Waals surface area contributed by atoms with Crippen molar-refractivity contribution in [3.63, 3.8) is 0 Å². The van der Waals surface area contributed by atoms with Gasteiger partial charge in [0.25, 0.3) is 0 Å². The molecule has 1 aromatic rings. The molecule has 0 aliphatic rings. The van der Waals surface area contributed by atoms with Crippen molar-refractivity contribution < 1.29 is 9.59 Å². The molecule has 0 aromatic heterocycles. The second-order valence-corrected chi connectivity index (χ2v) is 4.66. The summed E-state index contributed by atoms with van der Waals surface area (Å²) >= 11 is 1.72. The smallest absolute Gasteiger partial charge is 0.238 e. The van der Waals surface area contributed by atoms with Crippen molar-refractivity contribution in [3.8, 4) is 0 Å². The highest BCUT2D eigenvalue weighted by Crippen LogP contribution is 2.18. The first-order valence-electron chi connectivity index (χ1n) is 5.42. The van der Waals surface area contributed by atoms with Crippen LogP contribution in [0, 0.1) is 0 Å². The van der Waals surface area contributed by atoms with Gasteiger partial charge in [0, 0.05) is 18.2 Å². The van der Waals surface area contributed by atoms with Gasteiger partial charge in [-0.2, -0.15) is 0 Å². The van der Waals surface area contributed by atoms with E-state index in [1.54, 1.807) is 11.8 Å². The molecule has 2 N–H and O–H groups in total. The zero-order chi connectivity index (χ0) is 12.5. The average molecular weight is 252 g/mol. The molecule has 2 amide bonds. The van der Waals surface area contributed by atoms with Crippen LogP contribution in [-0.2, 0) is 9.59 Å². The molecule has 5 heteroatoms. The molecule has 0 saturated carbocycles. The maximum atomic E-state index is 11.2. The summed E-state index contributed by atoms with van der Waals surface area (Å²) in [5, 5.41) is 0. The fourth-order valence-corrected chi connectivity index (χ4v) is 2.03. The molecule has 1 rings (SSSR count). The van der Waals surface area contributed by atoms with Crippen molar-refractivity contribution >= 4 is 23.6 Å². The number of hydrazine groups is 1. The van der Waals surface area contributed by atoms with Gasteiger partial charge in [0.2, 0.25) is 11.8 Å². The molecule has 0 bridgehead atoms. The van der Waals surface area contributed by atoms with Crippen LogP contribution in [0.2, 0.25) is 0 Å². The second-order valence-electron chi connectivity index (χ2n) is 3.49. The van der Waals surface area contributed by atoms with Crippen molar-refractivity contribution in [2.24, 2.45) is 0 Å². The second kappa shape index (κ2) is 7.73. The van der Waals surface area contributed by atoms with Gasteiger partial charge in [0.05, 0.1) is 0 Å². The third kappa shape index (κ3) is 6.63. The highest BCUT2D eigenvalue weighted by Gasteiger charge is 2.01. The number of thioether (sulfide) groups is 1. The molecule has 4 nitrogen and oxygen atoms in total. The molecule has 0 unspecified atom stereocenters. The number of nitrogens with one attached hydrogen (secondary N) is 2. The van der Waals surface area contributed by atoms with Gasteiger partial charge in [-0.05, 0) is 24.3 Å². The molecule has 0 atom stereocenters. The molecule has 92 valence electrons. The maximum absolute atomic E-state index is 11.2. The van der Waals surface area contributed by atoms with E-state index >= 15 is 0 Å². The van der Waals surface area contributed by atoms with Gasteiger partial charge in [0.15, 0.2) is 0 Å². The molecule has 1 aromatic carbocycles. The Morgan fingerprint density at radius 3 is 2.53 bits per heavy atom. The average Bonchev–Trinajstić information content (AvgIpc) is 2.33. The van der Waals surface area contributed by atoms with Crippen molar-refractivity contribution in [2.45, 2.75) is 24.7 Å². The summed E-state index contributed by atoms with van der Waals surface area (Å²) in [5.74, 6) is 0.461. The first-order chi connectivity index (χ1) is 8.18. The van der Waals surface area contributed by atoms with E-state index < -0.39 is 0 Å². The normalized spacial score (nSPS) is 9.71. The highest BCUT2D eigenvalue weighted by molar-refractivity contribution is 7.99. The van der Waals surface area contributed by atoms with E-state index in [0.29, 0.717) is 6.42 Å². The Kier molecular flexibility index (Phi) is 6.17. The minimum atomic E-state index is -0.267. The van der Waals surface area contributed by atoms with Gasteiger partial charge in [-0.25, -0.2) is 0 Å². The number of carbonyl (C=O) groups excluding carboxylic acids is 2. The van der Waals surface area contributed by atoms with Crippen LogP contribution in [0.3, 0.4) is 0 Å². The predicted octanol–water partition coefficient (Wildman–Crippen LogP) is 1.73. The molecular weight excluding hydrogens is 236 g/mol. The number of carbonyl (C=O) groups is 2. The molecule has 0 fully saturated rings. The largest absolute Gasteiger partial charge is 0.274 e. The Morgan fingerprint density at radius 2 is 1.88 bits per heavy atom. The number of hydrogen-bond acceptors (Lipinski definition) is 3. The van der Waals surface area contributed by atoms with Gasteiger partial charge in [-0.1, -0.05) is 18.2 Å². The number of hydrogen-bond donors (Lipinski definition) is 2. The first-order valence-corrected chi connectivity index (χ1v) is 6.40. The molecule has 0 saturated heterocycles. The van der Waals surface area contributed by atoms with Crippen molar-refractivity contribution in [1.82, 2.24) is 10.9 Å². The van der Waals surface area contributed by atoms with Crippen LogP contribution in [0.1, 0.15) is 19.8 Å². The zero-order valence-electron chi connectivity index (χ0n) is 9.73. The van der Waals surface area contributed by atoms with Crippen LogP contribution in [0.4, 0.5) is 0 Å². The van der Waals surface area contributed by atoms with E-state index in [0.717, 1.165) is 12.2 Å². The van der Waals surface area contributed by atoms with Gasteiger partial charge >= 0.3 is 0 Å². The Bertz CT molecular complexity index is 368. The fraction of sp³-hybridized carbons (Fsp3) is 0.333. The Hall–Kier alpha value is -1.49. The Balaban J connectivity index is 2.08. The lowest BCUT2D eigenvalue weighted by Gasteiger charge is -2.04. The minimum Gasteiger partial charge on any atom is -0.274 e.